The smallest absolute Gasteiger partial charge is 0.327 e. The van der Waals surface area contributed by atoms with Gasteiger partial charge in [0.1, 0.15) is 0 Å². The van der Waals surface area contributed by atoms with Crippen LogP contribution < -0.4 is 11.2 Å². The molecule has 21 heavy (non-hydrogen) atoms. The minimum Gasteiger partial charge on any atom is -0.327 e. The normalized spacial score (nSPS) is 21.1. The van der Waals surface area contributed by atoms with Crippen molar-refractivity contribution < 1.29 is 8.42 Å². The van der Waals surface area contributed by atoms with Crippen LogP contribution in [0.4, 0.5) is 0 Å². The van der Waals surface area contributed by atoms with Gasteiger partial charge in [-0.2, -0.15) is 0 Å². The molecule has 2 aromatic rings. The van der Waals surface area contributed by atoms with Gasteiger partial charge in [-0.05, 0) is 6.42 Å². The molecule has 2 aromatic heterocycles. The van der Waals surface area contributed by atoms with E-state index < -0.39 is 21.1 Å². The van der Waals surface area contributed by atoms with Crippen molar-refractivity contribution in [1.29, 1.82) is 0 Å². The van der Waals surface area contributed by atoms with E-state index >= 15 is 0 Å². The summed E-state index contributed by atoms with van der Waals surface area (Å²) in [5.41, 5.74) is -0.347. The van der Waals surface area contributed by atoms with Gasteiger partial charge in [0.05, 0.1) is 11.5 Å². The molecule has 1 aliphatic rings. The van der Waals surface area contributed by atoms with Crippen LogP contribution in [0.3, 0.4) is 0 Å². The maximum absolute atomic E-state index is 12.0. The van der Waals surface area contributed by atoms with Crippen LogP contribution in [0.25, 0.3) is 11.2 Å². The van der Waals surface area contributed by atoms with Gasteiger partial charge < -0.3 is 4.98 Å². The highest BCUT2D eigenvalue weighted by molar-refractivity contribution is 8.01. The monoisotopic (exact) mass is 330 g/mol. The molecule has 0 spiro atoms. The number of hydrogen-bond acceptors (Lipinski definition) is 6. The number of rotatable bonds is 2. The Hall–Kier alpha value is -1.55. The molecule has 3 heterocycles. The summed E-state index contributed by atoms with van der Waals surface area (Å²) in [5.74, 6) is 0.302. The summed E-state index contributed by atoms with van der Waals surface area (Å²) < 4.78 is 25.2. The summed E-state index contributed by atoms with van der Waals surface area (Å²) in [6.07, 6.45) is 0.570. The molecule has 1 saturated heterocycles. The van der Waals surface area contributed by atoms with Crippen LogP contribution in [0.5, 0.6) is 0 Å². The number of nitrogens with one attached hydrogen (secondary N) is 1. The lowest BCUT2D eigenvalue weighted by Gasteiger charge is -2.02. The van der Waals surface area contributed by atoms with Gasteiger partial charge >= 0.3 is 5.69 Å². The van der Waals surface area contributed by atoms with Crippen molar-refractivity contribution in [2.75, 3.05) is 11.5 Å². The topological polar surface area (TPSA) is 107 Å². The second-order valence-corrected chi connectivity index (χ2v) is 8.61. The van der Waals surface area contributed by atoms with Crippen LogP contribution in [-0.2, 0) is 23.9 Å². The van der Waals surface area contributed by atoms with Gasteiger partial charge in [0.25, 0.3) is 5.56 Å². The lowest BCUT2D eigenvalue weighted by atomic mass is 10.4. The number of sulfone groups is 1. The average Bonchev–Trinajstić information content (AvgIpc) is 2.98. The minimum atomic E-state index is -2.96. The Labute approximate surface area is 124 Å². The molecule has 114 valence electrons. The van der Waals surface area contributed by atoms with Gasteiger partial charge in [-0.25, -0.2) is 18.2 Å². The Morgan fingerprint density at radius 2 is 2.00 bits per heavy atom. The molecule has 0 bridgehead atoms. The summed E-state index contributed by atoms with van der Waals surface area (Å²) in [7, 11) is -0.0138. The second-order valence-electron chi connectivity index (χ2n) is 5.09. The number of aromatic amines is 1. The molecule has 0 unspecified atom stereocenters. The van der Waals surface area contributed by atoms with Crippen LogP contribution in [-0.4, -0.2) is 44.3 Å². The van der Waals surface area contributed by atoms with Gasteiger partial charge in [0.15, 0.2) is 26.2 Å². The van der Waals surface area contributed by atoms with Gasteiger partial charge in [-0.3, -0.25) is 13.9 Å². The van der Waals surface area contributed by atoms with Crippen molar-refractivity contribution >= 4 is 32.8 Å². The third kappa shape index (κ3) is 2.42. The maximum atomic E-state index is 12.0. The van der Waals surface area contributed by atoms with Gasteiger partial charge in [0.2, 0.25) is 0 Å². The first-order valence-electron chi connectivity index (χ1n) is 6.31. The van der Waals surface area contributed by atoms with Crippen molar-refractivity contribution in [2.24, 2.45) is 14.1 Å². The second kappa shape index (κ2) is 4.73. The number of fused-ring (bicyclic) bond motifs is 1. The van der Waals surface area contributed by atoms with E-state index in [4.69, 9.17) is 0 Å². The number of nitrogens with zero attached hydrogens (tertiary/aromatic N) is 3. The van der Waals surface area contributed by atoms with Crippen LogP contribution in [0.15, 0.2) is 14.7 Å². The van der Waals surface area contributed by atoms with Gasteiger partial charge in [-0.15, -0.1) is 0 Å². The molecule has 3 rings (SSSR count). The summed E-state index contributed by atoms with van der Waals surface area (Å²) in [6.45, 7) is 0. The Bertz CT molecular complexity index is 938. The molecule has 1 atom stereocenters. The van der Waals surface area contributed by atoms with Crippen LogP contribution in [0.1, 0.15) is 6.42 Å². The molecule has 0 radical (unpaired) electrons. The Morgan fingerprint density at radius 3 is 2.62 bits per heavy atom. The number of aromatic nitrogens is 4. The zero-order valence-electron chi connectivity index (χ0n) is 11.5. The van der Waals surface area contributed by atoms with E-state index in [0.717, 1.165) is 4.57 Å². The fourth-order valence-corrected chi connectivity index (χ4v) is 5.81. The molecule has 0 aromatic carbocycles. The predicted molar refractivity (Wildman–Crippen MR) is 79.5 cm³/mol. The Kier molecular flexibility index (Phi) is 3.24. The molecule has 8 nitrogen and oxygen atoms in total. The minimum absolute atomic E-state index is 0.0727. The molecule has 0 amide bonds. The van der Waals surface area contributed by atoms with E-state index in [0.29, 0.717) is 11.6 Å². The predicted octanol–water partition coefficient (Wildman–Crippen LogP) is -0.760. The first-order valence-corrected chi connectivity index (χ1v) is 9.01. The molecule has 0 saturated carbocycles. The Balaban J connectivity index is 2.03. The number of thioether (sulfide) groups is 1. The van der Waals surface area contributed by atoms with Crippen LogP contribution in [0, 0.1) is 0 Å². The highest BCUT2D eigenvalue weighted by atomic mass is 32.2. The lowest BCUT2D eigenvalue weighted by molar-refractivity contribution is 0.602. The van der Waals surface area contributed by atoms with Gasteiger partial charge in [-0.1, -0.05) is 11.8 Å². The quantitative estimate of drug-likeness (QED) is 0.776. The number of imidazole rings is 1. The molecule has 1 aliphatic heterocycles. The van der Waals surface area contributed by atoms with E-state index in [2.05, 4.69) is 9.97 Å². The standard InChI is InChI=1S/C11H14N4O4S2/c1-14-8-7(9(16)15(2)11(14)17)12-10(13-8)20-6-3-4-21(18,19)5-6/h6H,3-5H2,1-2H3,(H,12,13)/t6-/m0/s1. The van der Waals surface area contributed by atoms with Crippen LogP contribution in [0.2, 0.25) is 0 Å². The van der Waals surface area contributed by atoms with Crippen molar-refractivity contribution in [2.45, 2.75) is 16.8 Å². The fraction of sp³-hybridized carbons (Fsp3) is 0.545. The van der Waals surface area contributed by atoms with E-state index in [-0.39, 0.29) is 27.9 Å². The van der Waals surface area contributed by atoms with Crippen molar-refractivity contribution in [3.8, 4) is 0 Å². The van der Waals surface area contributed by atoms with Crippen molar-refractivity contribution in [3.63, 3.8) is 0 Å². The summed E-state index contributed by atoms with van der Waals surface area (Å²) in [6, 6.07) is 0. The number of H-pyrrole nitrogens is 1. The van der Waals surface area contributed by atoms with Crippen molar-refractivity contribution in [3.05, 3.63) is 20.8 Å². The number of hydrogen-bond donors (Lipinski definition) is 1. The first kappa shape index (κ1) is 14.4. The van der Waals surface area contributed by atoms with Gasteiger partial charge in [0, 0.05) is 19.3 Å². The van der Waals surface area contributed by atoms with E-state index in [1.165, 1.54) is 23.4 Å². The van der Waals surface area contributed by atoms with Crippen LogP contribution >= 0.6 is 11.8 Å². The molecule has 0 aliphatic carbocycles. The maximum Gasteiger partial charge on any atom is 0.332 e. The zero-order chi connectivity index (χ0) is 15.4. The Morgan fingerprint density at radius 1 is 1.29 bits per heavy atom. The molecule has 10 heteroatoms. The van der Waals surface area contributed by atoms with Crippen molar-refractivity contribution in [1.82, 2.24) is 19.1 Å². The summed E-state index contributed by atoms with van der Waals surface area (Å²) in [5, 5.41) is 0.391. The molecule has 1 N–H and O–H groups in total. The molecular formula is C11H14N4O4S2. The average molecular weight is 330 g/mol. The number of aryl methyl sites for hydroxylation is 1. The third-order valence-electron chi connectivity index (χ3n) is 3.54. The first-order chi connectivity index (χ1) is 9.78. The highest BCUT2D eigenvalue weighted by Gasteiger charge is 2.29. The fourth-order valence-electron chi connectivity index (χ4n) is 2.37. The lowest BCUT2D eigenvalue weighted by Crippen LogP contribution is -2.36. The van der Waals surface area contributed by atoms with E-state index in [1.54, 1.807) is 7.05 Å². The third-order valence-corrected chi connectivity index (χ3v) is 6.67. The largest absolute Gasteiger partial charge is 0.332 e. The molecular weight excluding hydrogens is 316 g/mol. The highest BCUT2D eigenvalue weighted by Crippen LogP contribution is 2.29. The molecule has 1 fully saturated rings. The summed E-state index contributed by atoms with van der Waals surface area (Å²) in [4.78, 5) is 31.0. The van der Waals surface area contributed by atoms with E-state index in [9.17, 15) is 18.0 Å². The SMILES string of the molecule is Cn1c(=O)c2[nH]c(S[C@H]3CCS(=O)(=O)C3)nc2n(C)c1=O. The zero-order valence-corrected chi connectivity index (χ0v) is 13.1. The summed E-state index contributed by atoms with van der Waals surface area (Å²) >= 11 is 1.30. The van der Waals surface area contributed by atoms with E-state index in [1.807, 2.05) is 0 Å².